The quantitative estimate of drug-likeness (QED) is 0.716. The standard InChI is InChI=1S/C19H22F3N3O3/c1-3-15(26)24-14-10-12(18(28-2)25-16(14)17(23)27)7-4-11-5-8-13(9-6-11)19(20,21)22/h3-4,7,10-11,13H,1,5-6,8-9H2,2H3,(H2,23,27)(H,24,26)/b7-4+/t11-,13-. The van der Waals surface area contributed by atoms with Crippen LogP contribution in [0.3, 0.4) is 0 Å². The summed E-state index contributed by atoms with van der Waals surface area (Å²) in [6, 6.07) is 1.48. The van der Waals surface area contributed by atoms with Gasteiger partial charge in [-0.1, -0.05) is 18.7 Å². The van der Waals surface area contributed by atoms with Crippen molar-refractivity contribution in [3.8, 4) is 5.88 Å². The first-order valence-electron chi connectivity index (χ1n) is 8.72. The number of carbonyl (C=O) groups is 2. The van der Waals surface area contributed by atoms with E-state index in [1.165, 1.54) is 13.2 Å². The Kier molecular flexibility index (Phi) is 6.82. The molecule has 0 aliphatic heterocycles. The zero-order valence-electron chi connectivity index (χ0n) is 15.4. The Morgan fingerprint density at radius 1 is 1.32 bits per heavy atom. The van der Waals surface area contributed by atoms with Gasteiger partial charge in [0, 0.05) is 5.56 Å². The average molecular weight is 397 g/mol. The van der Waals surface area contributed by atoms with E-state index in [0.29, 0.717) is 18.4 Å². The van der Waals surface area contributed by atoms with E-state index in [1.54, 1.807) is 12.2 Å². The highest BCUT2D eigenvalue weighted by atomic mass is 19.4. The Labute approximate surface area is 160 Å². The topological polar surface area (TPSA) is 94.3 Å². The number of nitrogens with one attached hydrogen (secondary N) is 1. The summed E-state index contributed by atoms with van der Waals surface area (Å²) in [6.07, 6.45) is 1.39. The predicted molar refractivity (Wildman–Crippen MR) is 98.7 cm³/mol. The molecule has 2 rings (SSSR count). The normalized spacial score (nSPS) is 20.0. The maximum Gasteiger partial charge on any atom is 0.391 e. The summed E-state index contributed by atoms with van der Waals surface area (Å²) in [5.41, 5.74) is 5.69. The van der Waals surface area contributed by atoms with Crippen molar-refractivity contribution in [1.29, 1.82) is 0 Å². The summed E-state index contributed by atoms with van der Waals surface area (Å²) in [5.74, 6) is -2.53. The van der Waals surface area contributed by atoms with Crippen LogP contribution >= 0.6 is 0 Å². The van der Waals surface area contributed by atoms with Gasteiger partial charge in [0.1, 0.15) is 0 Å². The first kappa shape index (κ1) is 21.5. The molecule has 2 amide bonds. The zero-order valence-corrected chi connectivity index (χ0v) is 15.4. The molecule has 1 aromatic rings. The molecule has 0 spiro atoms. The van der Waals surface area contributed by atoms with Crippen molar-refractivity contribution in [2.45, 2.75) is 31.9 Å². The number of methoxy groups -OCH3 is 1. The predicted octanol–water partition coefficient (Wildman–Crippen LogP) is 3.70. The Hall–Kier alpha value is -2.84. The van der Waals surface area contributed by atoms with E-state index in [-0.39, 0.29) is 36.0 Å². The fraction of sp³-hybridized carbons (Fsp3) is 0.421. The number of primary amides is 1. The molecular formula is C19H22F3N3O3. The zero-order chi connectivity index (χ0) is 20.9. The van der Waals surface area contributed by atoms with Crippen LogP contribution in [0.25, 0.3) is 6.08 Å². The maximum absolute atomic E-state index is 12.8. The van der Waals surface area contributed by atoms with Gasteiger partial charge in [-0.15, -0.1) is 0 Å². The molecule has 0 aromatic carbocycles. The van der Waals surface area contributed by atoms with E-state index in [0.717, 1.165) is 6.08 Å². The van der Waals surface area contributed by atoms with E-state index in [2.05, 4.69) is 16.9 Å². The number of rotatable bonds is 6. The van der Waals surface area contributed by atoms with Crippen LogP contribution in [0.5, 0.6) is 5.88 Å². The van der Waals surface area contributed by atoms with E-state index in [1.807, 2.05) is 0 Å². The van der Waals surface area contributed by atoms with E-state index in [9.17, 15) is 22.8 Å². The highest BCUT2D eigenvalue weighted by Crippen LogP contribution is 2.40. The second kappa shape index (κ2) is 8.90. The minimum atomic E-state index is -4.15. The molecule has 0 atom stereocenters. The number of ether oxygens (including phenoxy) is 1. The average Bonchev–Trinajstić information content (AvgIpc) is 2.65. The highest BCUT2D eigenvalue weighted by Gasteiger charge is 2.40. The van der Waals surface area contributed by atoms with Crippen LogP contribution in [-0.2, 0) is 4.79 Å². The van der Waals surface area contributed by atoms with Gasteiger partial charge in [-0.05, 0) is 43.7 Å². The minimum Gasteiger partial charge on any atom is -0.481 e. The van der Waals surface area contributed by atoms with Crippen molar-refractivity contribution >= 4 is 23.6 Å². The number of hydrogen-bond acceptors (Lipinski definition) is 4. The fourth-order valence-electron chi connectivity index (χ4n) is 3.14. The summed E-state index contributed by atoms with van der Waals surface area (Å²) in [7, 11) is 1.36. The number of pyridine rings is 1. The SMILES string of the molecule is C=CC(=O)Nc1cc(/C=C/[C@H]2CC[C@H](C(F)(F)F)CC2)c(OC)nc1C(N)=O. The molecule has 0 saturated heterocycles. The van der Waals surface area contributed by atoms with Crippen LogP contribution in [0.1, 0.15) is 41.7 Å². The lowest BCUT2D eigenvalue weighted by atomic mass is 9.81. The molecule has 1 saturated carbocycles. The lowest BCUT2D eigenvalue weighted by Gasteiger charge is -2.28. The first-order chi connectivity index (χ1) is 13.2. The van der Waals surface area contributed by atoms with Gasteiger partial charge in [-0.25, -0.2) is 4.98 Å². The number of alkyl halides is 3. The largest absolute Gasteiger partial charge is 0.481 e. The lowest BCUT2D eigenvalue weighted by molar-refractivity contribution is -0.183. The van der Waals surface area contributed by atoms with Gasteiger partial charge in [-0.3, -0.25) is 9.59 Å². The molecule has 1 aromatic heterocycles. The first-order valence-corrected chi connectivity index (χ1v) is 8.72. The molecule has 1 aliphatic rings. The third kappa shape index (κ3) is 5.34. The van der Waals surface area contributed by atoms with E-state index in [4.69, 9.17) is 10.5 Å². The number of allylic oxidation sites excluding steroid dienone is 1. The van der Waals surface area contributed by atoms with Crippen molar-refractivity contribution in [3.05, 3.63) is 36.1 Å². The molecule has 28 heavy (non-hydrogen) atoms. The molecule has 152 valence electrons. The van der Waals surface area contributed by atoms with Crippen molar-refractivity contribution in [3.63, 3.8) is 0 Å². The van der Waals surface area contributed by atoms with Crippen LogP contribution in [0.2, 0.25) is 0 Å². The number of hydrogen-bond donors (Lipinski definition) is 2. The number of amides is 2. The van der Waals surface area contributed by atoms with Crippen molar-refractivity contribution in [2.24, 2.45) is 17.6 Å². The summed E-state index contributed by atoms with van der Waals surface area (Å²) in [6.45, 7) is 3.34. The second-order valence-corrected chi connectivity index (χ2v) is 6.55. The molecule has 6 nitrogen and oxygen atoms in total. The fourth-order valence-corrected chi connectivity index (χ4v) is 3.14. The van der Waals surface area contributed by atoms with Gasteiger partial charge < -0.3 is 15.8 Å². The minimum absolute atomic E-state index is 0.00895. The highest BCUT2D eigenvalue weighted by molar-refractivity contribution is 6.05. The molecule has 9 heteroatoms. The Bertz CT molecular complexity index is 783. The lowest BCUT2D eigenvalue weighted by Crippen LogP contribution is -2.27. The van der Waals surface area contributed by atoms with Gasteiger partial charge in [0.15, 0.2) is 5.69 Å². The van der Waals surface area contributed by atoms with Crippen molar-refractivity contribution < 1.29 is 27.5 Å². The molecule has 1 aliphatic carbocycles. The van der Waals surface area contributed by atoms with E-state index >= 15 is 0 Å². The smallest absolute Gasteiger partial charge is 0.391 e. The maximum atomic E-state index is 12.8. The Morgan fingerprint density at radius 2 is 1.96 bits per heavy atom. The Morgan fingerprint density at radius 3 is 2.46 bits per heavy atom. The molecular weight excluding hydrogens is 375 g/mol. The van der Waals surface area contributed by atoms with Crippen LogP contribution < -0.4 is 15.8 Å². The van der Waals surface area contributed by atoms with Gasteiger partial charge in [0.25, 0.3) is 5.91 Å². The number of nitrogens with zero attached hydrogens (tertiary/aromatic N) is 1. The molecule has 0 bridgehead atoms. The summed E-state index contributed by atoms with van der Waals surface area (Å²) < 4.78 is 43.5. The van der Waals surface area contributed by atoms with Crippen molar-refractivity contribution in [2.75, 3.05) is 12.4 Å². The number of carbonyl (C=O) groups excluding carboxylic acids is 2. The van der Waals surface area contributed by atoms with Gasteiger partial charge >= 0.3 is 6.18 Å². The summed E-state index contributed by atoms with van der Waals surface area (Å²) in [5, 5.41) is 2.46. The van der Waals surface area contributed by atoms with Crippen molar-refractivity contribution in [1.82, 2.24) is 4.98 Å². The summed E-state index contributed by atoms with van der Waals surface area (Å²) >= 11 is 0. The number of halogens is 3. The molecule has 3 N–H and O–H groups in total. The number of aromatic nitrogens is 1. The molecule has 0 radical (unpaired) electrons. The van der Waals surface area contributed by atoms with Crippen LogP contribution in [0.4, 0.5) is 18.9 Å². The Balaban J connectivity index is 2.23. The van der Waals surface area contributed by atoms with Gasteiger partial charge in [0.05, 0.1) is 18.7 Å². The second-order valence-electron chi connectivity index (χ2n) is 6.55. The van der Waals surface area contributed by atoms with E-state index < -0.39 is 23.9 Å². The van der Waals surface area contributed by atoms with Crippen LogP contribution in [0.15, 0.2) is 24.8 Å². The summed E-state index contributed by atoms with van der Waals surface area (Å²) in [4.78, 5) is 27.2. The number of nitrogens with two attached hydrogens (primary N) is 1. The third-order valence-corrected chi connectivity index (χ3v) is 4.67. The third-order valence-electron chi connectivity index (χ3n) is 4.67. The molecule has 0 unspecified atom stereocenters. The molecule has 1 heterocycles. The monoisotopic (exact) mass is 397 g/mol. The number of anilines is 1. The van der Waals surface area contributed by atoms with Gasteiger partial charge in [0.2, 0.25) is 11.8 Å². The van der Waals surface area contributed by atoms with Gasteiger partial charge in [-0.2, -0.15) is 13.2 Å². The molecule has 1 fully saturated rings. The van der Waals surface area contributed by atoms with Crippen LogP contribution in [-0.4, -0.2) is 30.1 Å². The van der Waals surface area contributed by atoms with Crippen LogP contribution in [0, 0.1) is 11.8 Å².